The van der Waals surface area contributed by atoms with Crippen LogP contribution in [0, 0.1) is 22.7 Å². The standard InChI is InChI=1S/C19H36O2/c1-9-15(12-18(3,4)5)11-16(13-19(6,7)8)14-21-17(20)10-2/h10,15-16H,2,9,11-14H2,1,3-8H3. The minimum absolute atomic E-state index is 0.255. The van der Waals surface area contributed by atoms with Gasteiger partial charge in [-0.15, -0.1) is 0 Å². The highest BCUT2D eigenvalue weighted by molar-refractivity contribution is 5.81. The number of hydrogen-bond donors (Lipinski definition) is 0. The molecular weight excluding hydrogens is 260 g/mol. The fourth-order valence-electron chi connectivity index (χ4n) is 3.07. The van der Waals surface area contributed by atoms with Crippen LogP contribution in [0.25, 0.3) is 0 Å². The third kappa shape index (κ3) is 11.5. The van der Waals surface area contributed by atoms with Crippen molar-refractivity contribution in [2.45, 2.75) is 74.1 Å². The molecule has 2 atom stereocenters. The highest BCUT2D eigenvalue weighted by Gasteiger charge is 2.25. The van der Waals surface area contributed by atoms with Crippen LogP contribution in [-0.4, -0.2) is 12.6 Å². The highest BCUT2D eigenvalue weighted by atomic mass is 16.5. The average Bonchev–Trinajstić information content (AvgIpc) is 2.31. The van der Waals surface area contributed by atoms with E-state index < -0.39 is 0 Å². The quantitative estimate of drug-likeness (QED) is 0.429. The van der Waals surface area contributed by atoms with Crippen molar-refractivity contribution >= 4 is 5.97 Å². The van der Waals surface area contributed by atoms with Crippen LogP contribution in [0.2, 0.25) is 0 Å². The van der Waals surface area contributed by atoms with Gasteiger partial charge in [0.05, 0.1) is 6.61 Å². The Kier molecular flexibility index (Phi) is 8.28. The summed E-state index contributed by atoms with van der Waals surface area (Å²) >= 11 is 0. The summed E-state index contributed by atoms with van der Waals surface area (Å²) in [6.45, 7) is 19.9. The third-order valence-corrected chi connectivity index (χ3v) is 3.67. The first-order valence-corrected chi connectivity index (χ1v) is 8.26. The Hall–Kier alpha value is -0.790. The number of rotatable bonds is 8. The molecule has 0 amide bonds. The molecule has 0 aliphatic heterocycles. The summed E-state index contributed by atoms with van der Waals surface area (Å²) in [6, 6.07) is 0. The van der Waals surface area contributed by atoms with Gasteiger partial charge in [-0.3, -0.25) is 0 Å². The summed E-state index contributed by atoms with van der Waals surface area (Å²) in [5, 5.41) is 0. The maximum atomic E-state index is 11.3. The number of esters is 1. The zero-order valence-electron chi connectivity index (χ0n) is 15.3. The van der Waals surface area contributed by atoms with Crippen LogP contribution in [0.3, 0.4) is 0 Å². The first-order valence-electron chi connectivity index (χ1n) is 8.26. The zero-order valence-corrected chi connectivity index (χ0v) is 15.3. The molecule has 124 valence electrons. The van der Waals surface area contributed by atoms with E-state index in [1.54, 1.807) is 0 Å². The Labute approximate surface area is 132 Å². The fraction of sp³-hybridized carbons (Fsp3) is 0.842. The van der Waals surface area contributed by atoms with Crippen molar-refractivity contribution < 1.29 is 9.53 Å². The van der Waals surface area contributed by atoms with Gasteiger partial charge in [0.15, 0.2) is 0 Å². The number of carbonyl (C=O) groups is 1. The van der Waals surface area contributed by atoms with Crippen LogP contribution >= 0.6 is 0 Å². The minimum atomic E-state index is -0.308. The second-order valence-corrected chi connectivity index (χ2v) is 8.74. The Morgan fingerprint density at radius 3 is 1.90 bits per heavy atom. The molecule has 0 N–H and O–H groups in total. The first kappa shape index (κ1) is 20.2. The Morgan fingerprint density at radius 1 is 1.05 bits per heavy atom. The van der Waals surface area contributed by atoms with E-state index >= 15 is 0 Å². The van der Waals surface area contributed by atoms with Gasteiger partial charge in [-0.1, -0.05) is 61.5 Å². The maximum Gasteiger partial charge on any atom is 0.330 e. The monoisotopic (exact) mass is 296 g/mol. The van der Waals surface area contributed by atoms with E-state index in [0.29, 0.717) is 23.9 Å². The lowest BCUT2D eigenvalue weighted by molar-refractivity contribution is -0.139. The summed E-state index contributed by atoms with van der Waals surface area (Å²) in [4.78, 5) is 11.3. The van der Waals surface area contributed by atoms with Crippen molar-refractivity contribution in [1.82, 2.24) is 0 Å². The second-order valence-electron chi connectivity index (χ2n) is 8.74. The zero-order chi connectivity index (χ0) is 16.7. The molecule has 0 rings (SSSR count). The van der Waals surface area contributed by atoms with Crippen molar-refractivity contribution in [2.75, 3.05) is 6.61 Å². The third-order valence-electron chi connectivity index (χ3n) is 3.67. The molecule has 0 heterocycles. The molecule has 0 spiro atoms. The van der Waals surface area contributed by atoms with E-state index in [2.05, 4.69) is 55.0 Å². The van der Waals surface area contributed by atoms with Gasteiger partial charge < -0.3 is 4.74 Å². The summed E-state index contributed by atoms with van der Waals surface area (Å²) in [5.41, 5.74) is 0.607. The Bertz CT molecular complexity index is 317. The normalized spacial score (nSPS) is 15.4. The van der Waals surface area contributed by atoms with E-state index in [9.17, 15) is 4.79 Å². The molecule has 0 aliphatic rings. The van der Waals surface area contributed by atoms with E-state index in [4.69, 9.17) is 4.74 Å². The van der Waals surface area contributed by atoms with Gasteiger partial charge >= 0.3 is 5.97 Å². The highest BCUT2D eigenvalue weighted by Crippen LogP contribution is 2.34. The summed E-state index contributed by atoms with van der Waals surface area (Å²) in [5.74, 6) is 0.818. The van der Waals surface area contributed by atoms with Gasteiger partial charge in [-0.2, -0.15) is 0 Å². The smallest absolute Gasteiger partial charge is 0.330 e. The molecule has 0 aromatic carbocycles. The van der Waals surface area contributed by atoms with Gasteiger partial charge in [0.2, 0.25) is 0 Å². The molecule has 0 aromatic heterocycles. The summed E-state index contributed by atoms with van der Waals surface area (Å²) in [7, 11) is 0. The van der Waals surface area contributed by atoms with Crippen molar-refractivity contribution in [1.29, 1.82) is 0 Å². The van der Waals surface area contributed by atoms with Gasteiger partial charge in [0.1, 0.15) is 0 Å². The predicted molar refractivity (Wildman–Crippen MR) is 91.2 cm³/mol. The molecule has 0 aromatic rings. The number of ether oxygens (including phenoxy) is 1. The SMILES string of the molecule is C=CC(=O)OCC(CC(CC)CC(C)(C)C)CC(C)(C)C. The van der Waals surface area contributed by atoms with Crippen LogP contribution in [0.15, 0.2) is 12.7 Å². The molecule has 2 heteroatoms. The topological polar surface area (TPSA) is 26.3 Å². The van der Waals surface area contributed by atoms with E-state index in [-0.39, 0.29) is 11.4 Å². The molecule has 2 unspecified atom stereocenters. The molecule has 0 fully saturated rings. The largest absolute Gasteiger partial charge is 0.462 e. The van der Waals surface area contributed by atoms with Crippen molar-refractivity contribution in [3.05, 3.63) is 12.7 Å². The van der Waals surface area contributed by atoms with Gasteiger partial charge in [-0.05, 0) is 41.9 Å². The second kappa shape index (κ2) is 8.60. The summed E-state index contributed by atoms with van der Waals surface area (Å²) < 4.78 is 5.32. The van der Waals surface area contributed by atoms with E-state index in [1.807, 2.05) is 0 Å². The lowest BCUT2D eigenvalue weighted by Crippen LogP contribution is -2.23. The number of hydrogen-bond acceptors (Lipinski definition) is 2. The van der Waals surface area contributed by atoms with Crippen molar-refractivity contribution in [3.63, 3.8) is 0 Å². The molecule has 21 heavy (non-hydrogen) atoms. The first-order chi connectivity index (χ1) is 9.46. The van der Waals surface area contributed by atoms with Crippen LogP contribution in [-0.2, 0) is 9.53 Å². The Balaban J connectivity index is 4.69. The fourth-order valence-corrected chi connectivity index (χ4v) is 3.07. The number of carbonyl (C=O) groups excluding carboxylic acids is 1. The van der Waals surface area contributed by atoms with Crippen LogP contribution in [0.4, 0.5) is 0 Å². The lowest BCUT2D eigenvalue weighted by atomic mass is 9.76. The Morgan fingerprint density at radius 2 is 1.52 bits per heavy atom. The van der Waals surface area contributed by atoms with Crippen LogP contribution < -0.4 is 0 Å². The average molecular weight is 296 g/mol. The predicted octanol–water partition coefficient (Wildman–Crippen LogP) is 5.62. The molecular formula is C19H36O2. The molecule has 2 nitrogen and oxygen atoms in total. The molecule has 0 bridgehead atoms. The molecule has 0 aliphatic carbocycles. The van der Waals surface area contributed by atoms with Gasteiger partial charge in [0, 0.05) is 6.08 Å². The van der Waals surface area contributed by atoms with Crippen LogP contribution in [0.1, 0.15) is 74.1 Å². The van der Waals surface area contributed by atoms with E-state index in [0.717, 1.165) is 12.8 Å². The molecule has 0 radical (unpaired) electrons. The molecule has 0 saturated carbocycles. The minimum Gasteiger partial charge on any atom is -0.462 e. The molecule has 0 saturated heterocycles. The van der Waals surface area contributed by atoms with E-state index in [1.165, 1.54) is 18.9 Å². The lowest BCUT2D eigenvalue weighted by Gasteiger charge is -2.31. The van der Waals surface area contributed by atoms with Gasteiger partial charge in [-0.25, -0.2) is 4.79 Å². The summed E-state index contributed by atoms with van der Waals surface area (Å²) in [6.07, 6.45) is 5.88. The maximum absolute atomic E-state index is 11.3. The van der Waals surface area contributed by atoms with Crippen molar-refractivity contribution in [3.8, 4) is 0 Å². The van der Waals surface area contributed by atoms with Crippen molar-refractivity contribution in [2.24, 2.45) is 22.7 Å². The van der Waals surface area contributed by atoms with Gasteiger partial charge in [0.25, 0.3) is 0 Å². The van der Waals surface area contributed by atoms with Crippen LogP contribution in [0.5, 0.6) is 0 Å².